The summed E-state index contributed by atoms with van der Waals surface area (Å²) in [7, 11) is 0. The molecule has 0 bridgehead atoms. The van der Waals surface area contributed by atoms with Gasteiger partial charge in [0.1, 0.15) is 0 Å². The first-order chi connectivity index (χ1) is 9.65. The highest BCUT2D eigenvalue weighted by Gasteiger charge is 2.08. The summed E-state index contributed by atoms with van der Waals surface area (Å²) in [5, 5.41) is 0. The standard InChI is InChI=1S/C18H20OS/c1-14(2)12-18(19)16-8-10-17(11-9-16)20-13-15-6-4-3-5-7-15/h3-11,14H,12-13H2,1-2H3. The van der Waals surface area contributed by atoms with E-state index in [-0.39, 0.29) is 5.78 Å². The average molecular weight is 284 g/mol. The van der Waals surface area contributed by atoms with E-state index in [2.05, 4.69) is 38.1 Å². The Labute approximate surface area is 125 Å². The fraction of sp³-hybridized carbons (Fsp3) is 0.278. The monoisotopic (exact) mass is 284 g/mol. The summed E-state index contributed by atoms with van der Waals surface area (Å²) in [6.07, 6.45) is 0.622. The first kappa shape index (κ1) is 14.9. The predicted octanol–water partition coefficient (Wildman–Crippen LogP) is 5.21. The van der Waals surface area contributed by atoms with Crippen LogP contribution in [0.25, 0.3) is 0 Å². The highest BCUT2D eigenvalue weighted by atomic mass is 32.2. The Morgan fingerprint density at radius 3 is 2.25 bits per heavy atom. The van der Waals surface area contributed by atoms with E-state index in [1.165, 1.54) is 10.5 Å². The van der Waals surface area contributed by atoms with Crippen molar-refractivity contribution in [3.05, 3.63) is 65.7 Å². The Balaban J connectivity index is 1.93. The molecule has 0 radical (unpaired) electrons. The van der Waals surface area contributed by atoms with Gasteiger partial charge in [0.25, 0.3) is 0 Å². The maximum absolute atomic E-state index is 11.9. The zero-order chi connectivity index (χ0) is 14.4. The topological polar surface area (TPSA) is 17.1 Å². The lowest BCUT2D eigenvalue weighted by Gasteiger charge is -2.06. The number of carbonyl (C=O) groups is 1. The van der Waals surface area contributed by atoms with Gasteiger partial charge in [0.2, 0.25) is 0 Å². The molecular formula is C18H20OS. The van der Waals surface area contributed by atoms with Crippen molar-refractivity contribution < 1.29 is 4.79 Å². The van der Waals surface area contributed by atoms with Crippen molar-refractivity contribution in [1.82, 2.24) is 0 Å². The van der Waals surface area contributed by atoms with Crippen molar-refractivity contribution in [2.45, 2.75) is 30.9 Å². The number of hydrogen-bond donors (Lipinski definition) is 0. The van der Waals surface area contributed by atoms with Crippen LogP contribution in [0.4, 0.5) is 0 Å². The Kier molecular flexibility index (Phi) is 5.42. The molecule has 2 aromatic rings. The Bertz CT molecular complexity index is 543. The second-order valence-corrected chi connectivity index (χ2v) is 6.37. The molecule has 2 aromatic carbocycles. The largest absolute Gasteiger partial charge is 0.294 e. The summed E-state index contributed by atoms with van der Waals surface area (Å²) in [5.41, 5.74) is 2.14. The lowest BCUT2D eigenvalue weighted by Crippen LogP contribution is -2.03. The Morgan fingerprint density at radius 2 is 1.65 bits per heavy atom. The van der Waals surface area contributed by atoms with E-state index in [9.17, 15) is 4.79 Å². The zero-order valence-electron chi connectivity index (χ0n) is 12.0. The molecule has 0 amide bonds. The molecule has 0 aliphatic carbocycles. The van der Waals surface area contributed by atoms with Gasteiger partial charge in [0, 0.05) is 22.6 Å². The summed E-state index contributed by atoms with van der Waals surface area (Å²) in [4.78, 5) is 13.1. The third kappa shape index (κ3) is 4.53. The van der Waals surface area contributed by atoms with E-state index in [0.717, 1.165) is 11.3 Å². The van der Waals surface area contributed by atoms with E-state index >= 15 is 0 Å². The third-order valence-corrected chi connectivity index (χ3v) is 4.10. The summed E-state index contributed by atoms with van der Waals surface area (Å²) < 4.78 is 0. The molecule has 0 saturated heterocycles. The van der Waals surface area contributed by atoms with Crippen molar-refractivity contribution in [2.75, 3.05) is 0 Å². The van der Waals surface area contributed by atoms with Crippen LogP contribution in [0.1, 0.15) is 36.2 Å². The molecule has 1 nitrogen and oxygen atoms in total. The summed E-state index contributed by atoms with van der Waals surface area (Å²) in [6, 6.07) is 18.4. The zero-order valence-corrected chi connectivity index (χ0v) is 12.8. The molecule has 0 spiro atoms. The molecule has 0 saturated carbocycles. The second-order valence-electron chi connectivity index (χ2n) is 5.32. The lowest BCUT2D eigenvalue weighted by molar-refractivity contribution is 0.0968. The molecule has 2 rings (SSSR count). The van der Waals surface area contributed by atoms with Crippen molar-refractivity contribution in [3.8, 4) is 0 Å². The number of Topliss-reactive ketones (excluding diaryl/α,β-unsaturated/α-hetero) is 1. The highest BCUT2D eigenvalue weighted by Crippen LogP contribution is 2.23. The van der Waals surface area contributed by atoms with E-state index in [0.29, 0.717) is 12.3 Å². The summed E-state index contributed by atoms with van der Waals surface area (Å²) in [5.74, 6) is 1.61. The number of carbonyl (C=O) groups excluding carboxylic acids is 1. The molecule has 0 heterocycles. The molecule has 0 aromatic heterocycles. The quantitative estimate of drug-likeness (QED) is 0.535. The van der Waals surface area contributed by atoms with Crippen LogP contribution in [0.2, 0.25) is 0 Å². The molecule has 0 aliphatic rings. The van der Waals surface area contributed by atoms with E-state index < -0.39 is 0 Å². The van der Waals surface area contributed by atoms with Crippen LogP contribution in [0.3, 0.4) is 0 Å². The molecule has 0 atom stereocenters. The maximum Gasteiger partial charge on any atom is 0.163 e. The molecule has 0 N–H and O–H groups in total. The van der Waals surface area contributed by atoms with Gasteiger partial charge in [-0.3, -0.25) is 4.79 Å². The van der Waals surface area contributed by atoms with Crippen molar-refractivity contribution in [3.63, 3.8) is 0 Å². The molecule has 0 unspecified atom stereocenters. The van der Waals surface area contributed by atoms with Gasteiger partial charge >= 0.3 is 0 Å². The fourth-order valence-corrected chi connectivity index (χ4v) is 2.82. The van der Waals surface area contributed by atoms with Crippen LogP contribution in [-0.4, -0.2) is 5.78 Å². The van der Waals surface area contributed by atoms with Crippen LogP contribution < -0.4 is 0 Å². The minimum atomic E-state index is 0.236. The molecule has 0 aliphatic heterocycles. The van der Waals surface area contributed by atoms with Gasteiger partial charge in [-0.05, 0) is 23.6 Å². The molecule has 104 valence electrons. The molecular weight excluding hydrogens is 264 g/mol. The molecule has 20 heavy (non-hydrogen) atoms. The van der Waals surface area contributed by atoms with Gasteiger partial charge in [0.15, 0.2) is 5.78 Å². The fourth-order valence-electron chi connectivity index (χ4n) is 1.97. The minimum absolute atomic E-state index is 0.236. The van der Waals surface area contributed by atoms with Crippen molar-refractivity contribution >= 4 is 17.5 Å². The van der Waals surface area contributed by atoms with Crippen molar-refractivity contribution in [1.29, 1.82) is 0 Å². The van der Waals surface area contributed by atoms with Gasteiger partial charge in [-0.25, -0.2) is 0 Å². The maximum atomic E-state index is 11.9. The average Bonchev–Trinajstić information content (AvgIpc) is 2.46. The van der Waals surface area contributed by atoms with E-state index in [4.69, 9.17) is 0 Å². The van der Waals surface area contributed by atoms with Gasteiger partial charge in [-0.2, -0.15) is 0 Å². The number of hydrogen-bond acceptors (Lipinski definition) is 2. The highest BCUT2D eigenvalue weighted by molar-refractivity contribution is 7.98. The normalized spacial score (nSPS) is 10.8. The first-order valence-corrected chi connectivity index (χ1v) is 7.93. The number of ketones is 1. The molecule has 0 fully saturated rings. The van der Waals surface area contributed by atoms with E-state index in [1.807, 2.05) is 30.3 Å². The minimum Gasteiger partial charge on any atom is -0.294 e. The van der Waals surface area contributed by atoms with Crippen molar-refractivity contribution in [2.24, 2.45) is 5.92 Å². The van der Waals surface area contributed by atoms with Crippen LogP contribution in [0.5, 0.6) is 0 Å². The van der Waals surface area contributed by atoms with Gasteiger partial charge in [0.05, 0.1) is 0 Å². The third-order valence-electron chi connectivity index (χ3n) is 3.02. The van der Waals surface area contributed by atoms with Crippen LogP contribution >= 0.6 is 11.8 Å². The summed E-state index contributed by atoms with van der Waals surface area (Å²) >= 11 is 1.80. The first-order valence-electron chi connectivity index (χ1n) is 6.95. The smallest absolute Gasteiger partial charge is 0.163 e. The van der Waals surface area contributed by atoms with Crippen LogP contribution in [-0.2, 0) is 5.75 Å². The van der Waals surface area contributed by atoms with E-state index in [1.54, 1.807) is 11.8 Å². The molecule has 2 heteroatoms. The number of thioether (sulfide) groups is 1. The number of benzene rings is 2. The van der Waals surface area contributed by atoms with Crippen LogP contribution in [0.15, 0.2) is 59.5 Å². The predicted molar refractivity (Wildman–Crippen MR) is 86.2 cm³/mol. The van der Waals surface area contributed by atoms with Crippen LogP contribution in [0, 0.1) is 5.92 Å². The Hall–Kier alpha value is -1.54. The number of rotatable bonds is 6. The lowest BCUT2D eigenvalue weighted by atomic mass is 10.0. The second kappa shape index (κ2) is 7.30. The van der Waals surface area contributed by atoms with Gasteiger partial charge < -0.3 is 0 Å². The Morgan fingerprint density at radius 1 is 1.00 bits per heavy atom. The SMILES string of the molecule is CC(C)CC(=O)c1ccc(SCc2ccccc2)cc1. The van der Waals surface area contributed by atoms with Gasteiger partial charge in [-0.15, -0.1) is 11.8 Å². The van der Waals surface area contributed by atoms with Gasteiger partial charge in [-0.1, -0.05) is 56.3 Å². The summed E-state index contributed by atoms with van der Waals surface area (Å²) in [6.45, 7) is 4.14.